The van der Waals surface area contributed by atoms with Gasteiger partial charge in [-0.2, -0.15) is 0 Å². The van der Waals surface area contributed by atoms with Crippen LogP contribution in [0.25, 0.3) is 11.3 Å². The first-order valence-electron chi connectivity index (χ1n) is 5.88. The van der Waals surface area contributed by atoms with E-state index in [-0.39, 0.29) is 0 Å². The third kappa shape index (κ3) is 2.14. The number of aryl methyl sites for hydroxylation is 2. The monoisotopic (exact) mass is 244 g/mol. The summed E-state index contributed by atoms with van der Waals surface area (Å²) < 4.78 is 5.30. The van der Waals surface area contributed by atoms with Crippen molar-refractivity contribution in [3.05, 3.63) is 35.3 Å². The molecule has 0 radical (unpaired) electrons. The van der Waals surface area contributed by atoms with E-state index in [0.29, 0.717) is 5.82 Å². The molecule has 0 fully saturated rings. The number of carbonyl (C=O) groups is 1. The van der Waals surface area contributed by atoms with E-state index in [4.69, 9.17) is 4.74 Å². The summed E-state index contributed by atoms with van der Waals surface area (Å²) in [6.45, 7) is 3.99. The quantitative estimate of drug-likeness (QED) is 0.841. The first-order chi connectivity index (χ1) is 8.69. The van der Waals surface area contributed by atoms with E-state index in [9.17, 15) is 4.79 Å². The van der Waals surface area contributed by atoms with Crippen LogP contribution in [-0.4, -0.2) is 23.4 Å². The number of H-pyrrole nitrogens is 1. The van der Waals surface area contributed by atoms with Crippen molar-refractivity contribution in [2.75, 3.05) is 7.11 Å². The number of nitrogens with zero attached hydrogens (tertiary/aromatic N) is 1. The van der Waals surface area contributed by atoms with Gasteiger partial charge in [-0.1, -0.05) is 6.92 Å². The molecule has 0 saturated carbocycles. The second-order valence-electron chi connectivity index (χ2n) is 4.09. The molecule has 94 valence electrons. The fraction of sp³-hybridized carbons (Fsp3) is 0.286. The molecule has 2 rings (SSSR count). The van der Waals surface area contributed by atoms with Crippen molar-refractivity contribution in [3.63, 3.8) is 0 Å². The summed E-state index contributed by atoms with van der Waals surface area (Å²) >= 11 is 0. The van der Waals surface area contributed by atoms with Gasteiger partial charge in [0.05, 0.1) is 12.8 Å². The molecule has 0 saturated heterocycles. The number of aromatic amines is 1. The summed E-state index contributed by atoms with van der Waals surface area (Å²) in [5.41, 5.74) is 3.83. The van der Waals surface area contributed by atoms with Crippen LogP contribution in [0.4, 0.5) is 0 Å². The van der Waals surface area contributed by atoms with Crippen molar-refractivity contribution in [1.29, 1.82) is 0 Å². The maximum atomic E-state index is 10.7. The van der Waals surface area contributed by atoms with E-state index in [1.54, 1.807) is 7.11 Å². The molecule has 1 heterocycles. The third-order valence-electron chi connectivity index (χ3n) is 2.95. The first-order valence-corrected chi connectivity index (χ1v) is 5.88. The first kappa shape index (κ1) is 12.4. The van der Waals surface area contributed by atoms with Crippen LogP contribution in [0.3, 0.4) is 0 Å². The Morgan fingerprint density at radius 3 is 2.78 bits per heavy atom. The van der Waals surface area contributed by atoms with Gasteiger partial charge >= 0.3 is 0 Å². The molecule has 18 heavy (non-hydrogen) atoms. The molecule has 0 aliphatic carbocycles. The second kappa shape index (κ2) is 5.04. The molecule has 1 N–H and O–H groups in total. The highest BCUT2D eigenvalue weighted by molar-refractivity contribution is 5.73. The van der Waals surface area contributed by atoms with Crippen molar-refractivity contribution in [2.24, 2.45) is 0 Å². The predicted octanol–water partition coefficient (Wildman–Crippen LogP) is 2.77. The number of hydrogen-bond donors (Lipinski definition) is 1. The minimum absolute atomic E-state index is 0.358. The highest BCUT2D eigenvalue weighted by Crippen LogP contribution is 2.27. The molecular formula is C14H16N2O2. The van der Waals surface area contributed by atoms with Gasteiger partial charge in [0.1, 0.15) is 5.75 Å². The number of ether oxygens (including phenoxy) is 1. The van der Waals surface area contributed by atoms with Crippen LogP contribution < -0.4 is 4.74 Å². The normalized spacial score (nSPS) is 10.4. The Morgan fingerprint density at radius 1 is 1.44 bits per heavy atom. The van der Waals surface area contributed by atoms with Crippen LogP contribution in [0.2, 0.25) is 0 Å². The van der Waals surface area contributed by atoms with Gasteiger partial charge in [0, 0.05) is 11.3 Å². The predicted molar refractivity (Wildman–Crippen MR) is 70.1 cm³/mol. The number of rotatable bonds is 4. The van der Waals surface area contributed by atoms with Crippen molar-refractivity contribution >= 4 is 6.29 Å². The van der Waals surface area contributed by atoms with Gasteiger partial charge in [-0.05, 0) is 37.1 Å². The van der Waals surface area contributed by atoms with E-state index in [1.807, 2.05) is 19.1 Å². The minimum atomic E-state index is 0.358. The number of aldehydes is 1. The fourth-order valence-electron chi connectivity index (χ4n) is 2.02. The molecule has 0 amide bonds. The Morgan fingerprint density at radius 2 is 2.22 bits per heavy atom. The highest BCUT2D eigenvalue weighted by Gasteiger charge is 2.10. The molecule has 4 heteroatoms. The molecule has 0 aliphatic heterocycles. The third-order valence-corrected chi connectivity index (χ3v) is 2.95. The average Bonchev–Trinajstić information content (AvgIpc) is 2.79. The lowest BCUT2D eigenvalue weighted by atomic mass is 10.0. The minimum Gasteiger partial charge on any atom is -0.496 e. The van der Waals surface area contributed by atoms with Crippen molar-refractivity contribution in [1.82, 2.24) is 9.97 Å². The molecular weight excluding hydrogens is 228 g/mol. The molecule has 0 bridgehead atoms. The van der Waals surface area contributed by atoms with E-state index in [1.165, 1.54) is 0 Å². The average molecular weight is 244 g/mol. The van der Waals surface area contributed by atoms with Crippen molar-refractivity contribution in [2.45, 2.75) is 20.3 Å². The van der Waals surface area contributed by atoms with Crippen molar-refractivity contribution < 1.29 is 9.53 Å². The highest BCUT2D eigenvalue weighted by atomic mass is 16.5. The molecule has 1 aromatic heterocycles. The number of hydrogen-bond acceptors (Lipinski definition) is 3. The molecule has 0 spiro atoms. The van der Waals surface area contributed by atoms with Gasteiger partial charge < -0.3 is 9.72 Å². The summed E-state index contributed by atoms with van der Waals surface area (Å²) in [6.07, 6.45) is 1.61. The Balaban J connectivity index is 2.50. The van der Waals surface area contributed by atoms with Gasteiger partial charge in [-0.3, -0.25) is 4.79 Å². The van der Waals surface area contributed by atoms with Crippen LogP contribution in [0, 0.1) is 6.92 Å². The van der Waals surface area contributed by atoms with Gasteiger partial charge in [0.15, 0.2) is 12.1 Å². The van der Waals surface area contributed by atoms with Crippen LogP contribution in [-0.2, 0) is 6.42 Å². The maximum absolute atomic E-state index is 10.7. The lowest BCUT2D eigenvalue weighted by Gasteiger charge is -2.08. The largest absolute Gasteiger partial charge is 0.496 e. The maximum Gasteiger partial charge on any atom is 0.185 e. The standard InChI is InChI=1S/C14H16N2O2/c1-4-10-7-11(5-6-12(10)18-3)14-9(2)15-13(8-17)16-14/h5-8H,4H2,1-3H3,(H,15,16). The number of aromatic nitrogens is 2. The summed E-state index contributed by atoms with van der Waals surface area (Å²) in [5.74, 6) is 1.24. The zero-order valence-electron chi connectivity index (χ0n) is 10.8. The Labute approximate surface area is 106 Å². The molecule has 0 atom stereocenters. The Hall–Kier alpha value is -2.10. The summed E-state index contributed by atoms with van der Waals surface area (Å²) in [6, 6.07) is 5.94. The zero-order valence-corrected chi connectivity index (χ0v) is 10.8. The number of nitrogens with one attached hydrogen (secondary N) is 1. The lowest BCUT2D eigenvalue weighted by molar-refractivity contribution is 0.111. The number of carbonyl (C=O) groups excluding carboxylic acids is 1. The summed E-state index contributed by atoms with van der Waals surface area (Å²) in [7, 11) is 1.67. The molecule has 1 aromatic carbocycles. The molecule has 0 aliphatic rings. The van der Waals surface area contributed by atoms with Gasteiger partial charge in [0.2, 0.25) is 0 Å². The number of benzene rings is 1. The summed E-state index contributed by atoms with van der Waals surface area (Å²) in [4.78, 5) is 17.9. The van der Waals surface area contributed by atoms with Crippen LogP contribution in [0.15, 0.2) is 18.2 Å². The van der Waals surface area contributed by atoms with Gasteiger partial charge in [0.25, 0.3) is 0 Å². The molecule has 4 nitrogen and oxygen atoms in total. The second-order valence-corrected chi connectivity index (χ2v) is 4.09. The molecule has 2 aromatic rings. The Bertz CT molecular complexity index is 573. The number of methoxy groups -OCH3 is 1. The van der Waals surface area contributed by atoms with Crippen LogP contribution in [0.1, 0.15) is 28.8 Å². The lowest BCUT2D eigenvalue weighted by Crippen LogP contribution is -1.92. The van der Waals surface area contributed by atoms with E-state index in [2.05, 4.69) is 23.0 Å². The van der Waals surface area contributed by atoms with Crippen LogP contribution >= 0.6 is 0 Å². The van der Waals surface area contributed by atoms with E-state index >= 15 is 0 Å². The Kier molecular flexibility index (Phi) is 3.46. The van der Waals surface area contributed by atoms with Crippen LogP contribution in [0.5, 0.6) is 5.75 Å². The molecule has 0 unspecified atom stereocenters. The smallest absolute Gasteiger partial charge is 0.185 e. The number of imidazole rings is 1. The fourth-order valence-corrected chi connectivity index (χ4v) is 2.02. The van der Waals surface area contributed by atoms with E-state index in [0.717, 1.165) is 41.0 Å². The topological polar surface area (TPSA) is 55.0 Å². The summed E-state index contributed by atoms with van der Waals surface area (Å²) in [5, 5.41) is 0. The zero-order chi connectivity index (χ0) is 13.1. The SMILES string of the molecule is CCc1cc(-c2nc(C=O)[nH]c2C)ccc1OC. The van der Waals surface area contributed by atoms with E-state index < -0.39 is 0 Å². The van der Waals surface area contributed by atoms with Gasteiger partial charge in [-0.25, -0.2) is 4.98 Å². The van der Waals surface area contributed by atoms with Crippen molar-refractivity contribution in [3.8, 4) is 17.0 Å². The van der Waals surface area contributed by atoms with Gasteiger partial charge in [-0.15, -0.1) is 0 Å².